The summed E-state index contributed by atoms with van der Waals surface area (Å²) < 4.78 is 10.1. The highest BCUT2D eigenvalue weighted by molar-refractivity contribution is 5.69. The van der Waals surface area contributed by atoms with Gasteiger partial charge in [-0.05, 0) is 26.8 Å². The molecule has 1 aromatic rings. The van der Waals surface area contributed by atoms with Gasteiger partial charge in [-0.1, -0.05) is 0 Å². The van der Waals surface area contributed by atoms with Gasteiger partial charge >= 0.3 is 5.69 Å². The minimum Gasteiger partial charge on any atom is -0.490 e. The quantitative estimate of drug-likeness (QED) is 0.349. The Hall–Kier alpha value is -2.11. The fourth-order valence-electron chi connectivity index (χ4n) is 1.64. The number of benzene rings is 1. The van der Waals surface area contributed by atoms with E-state index in [1.807, 2.05) is 6.92 Å². The van der Waals surface area contributed by atoms with E-state index in [0.717, 1.165) is 0 Å². The van der Waals surface area contributed by atoms with E-state index in [9.17, 15) is 10.1 Å². The van der Waals surface area contributed by atoms with Gasteiger partial charge < -0.3 is 9.47 Å². The third-order valence-electron chi connectivity index (χ3n) is 2.49. The Morgan fingerprint density at radius 1 is 1.50 bits per heavy atom. The fourth-order valence-corrected chi connectivity index (χ4v) is 1.64. The zero-order valence-electron chi connectivity index (χ0n) is 10.9. The molecule has 0 bridgehead atoms. The average Bonchev–Trinajstić information content (AvgIpc) is 2.32. The number of aliphatic imine (C=N–C) groups is 1. The second kappa shape index (κ2) is 6.00. The van der Waals surface area contributed by atoms with Gasteiger partial charge in [-0.25, -0.2) is 4.99 Å². The molecule has 0 fully saturated rings. The third kappa shape index (κ3) is 2.77. The Balaban J connectivity index is 3.35. The van der Waals surface area contributed by atoms with Crippen LogP contribution in [-0.4, -0.2) is 25.0 Å². The van der Waals surface area contributed by atoms with E-state index >= 15 is 0 Å². The SMILES string of the molecule is CCOC=Nc1cc(C)c(OC)c([N+](=O)[O-])c1C. The van der Waals surface area contributed by atoms with Crippen LogP contribution in [0.15, 0.2) is 11.1 Å². The van der Waals surface area contributed by atoms with E-state index in [1.54, 1.807) is 19.9 Å². The Kier molecular flexibility index (Phi) is 4.65. The molecule has 0 heterocycles. The predicted molar refractivity (Wildman–Crippen MR) is 68.9 cm³/mol. The number of ether oxygens (including phenoxy) is 2. The maximum Gasteiger partial charge on any atom is 0.316 e. The summed E-state index contributed by atoms with van der Waals surface area (Å²) in [4.78, 5) is 14.7. The first-order valence-electron chi connectivity index (χ1n) is 5.49. The van der Waals surface area contributed by atoms with Gasteiger partial charge in [0.25, 0.3) is 0 Å². The first-order chi connectivity index (χ1) is 8.52. The van der Waals surface area contributed by atoms with Crippen molar-refractivity contribution in [3.63, 3.8) is 0 Å². The molecule has 6 heteroatoms. The summed E-state index contributed by atoms with van der Waals surface area (Å²) in [5, 5.41) is 11.1. The fraction of sp³-hybridized carbons (Fsp3) is 0.417. The van der Waals surface area contributed by atoms with E-state index in [4.69, 9.17) is 9.47 Å². The molecule has 0 saturated heterocycles. The molecule has 0 atom stereocenters. The van der Waals surface area contributed by atoms with Crippen LogP contribution in [-0.2, 0) is 4.74 Å². The van der Waals surface area contributed by atoms with Crippen LogP contribution in [0.2, 0.25) is 0 Å². The number of aryl methyl sites for hydroxylation is 1. The van der Waals surface area contributed by atoms with Gasteiger partial charge in [-0.3, -0.25) is 10.1 Å². The standard InChI is InChI=1S/C12H16N2O4/c1-5-18-7-13-10-6-8(2)12(17-4)11(9(10)3)14(15)16/h6-7H,5H2,1-4H3. The number of nitro groups is 1. The molecule has 1 aromatic carbocycles. The first kappa shape index (κ1) is 14.0. The lowest BCUT2D eigenvalue weighted by Gasteiger charge is -2.09. The molecule has 0 aromatic heterocycles. The van der Waals surface area contributed by atoms with Gasteiger partial charge in [0.15, 0.2) is 12.2 Å². The highest BCUT2D eigenvalue weighted by Gasteiger charge is 2.23. The van der Waals surface area contributed by atoms with Gasteiger partial charge in [0.2, 0.25) is 0 Å². The van der Waals surface area contributed by atoms with Crippen molar-refractivity contribution in [3.05, 3.63) is 27.3 Å². The molecular weight excluding hydrogens is 236 g/mol. The summed E-state index contributed by atoms with van der Waals surface area (Å²) in [5.41, 5.74) is 1.58. The zero-order valence-corrected chi connectivity index (χ0v) is 10.9. The summed E-state index contributed by atoms with van der Waals surface area (Å²) in [6, 6.07) is 1.73. The van der Waals surface area contributed by atoms with Crippen LogP contribution in [0.5, 0.6) is 5.75 Å². The van der Waals surface area contributed by atoms with Crippen LogP contribution in [0.25, 0.3) is 0 Å². The smallest absolute Gasteiger partial charge is 0.316 e. The molecule has 0 aliphatic rings. The van der Waals surface area contributed by atoms with Gasteiger partial charge in [0.05, 0.1) is 29.9 Å². The van der Waals surface area contributed by atoms with Crippen molar-refractivity contribution in [1.82, 2.24) is 0 Å². The molecule has 0 aliphatic carbocycles. The summed E-state index contributed by atoms with van der Waals surface area (Å²) in [7, 11) is 1.41. The van der Waals surface area contributed by atoms with Crippen LogP contribution >= 0.6 is 0 Å². The summed E-state index contributed by atoms with van der Waals surface area (Å²) in [5.74, 6) is 0.271. The molecule has 0 aliphatic heterocycles. The molecule has 0 N–H and O–H groups in total. The first-order valence-corrected chi connectivity index (χ1v) is 5.49. The monoisotopic (exact) mass is 252 g/mol. The number of nitrogens with zero attached hydrogens (tertiary/aromatic N) is 2. The number of nitro benzene ring substituents is 1. The normalized spacial score (nSPS) is 10.7. The van der Waals surface area contributed by atoms with Crippen LogP contribution in [0, 0.1) is 24.0 Å². The van der Waals surface area contributed by atoms with Gasteiger partial charge in [-0.2, -0.15) is 0 Å². The minimum atomic E-state index is -0.457. The van der Waals surface area contributed by atoms with Gasteiger partial charge in [-0.15, -0.1) is 0 Å². The summed E-state index contributed by atoms with van der Waals surface area (Å²) >= 11 is 0. The molecular formula is C12H16N2O4. The number of hydrogen-bond acceptors (Lipinski definition) is 5. The lowest BCUT2D eigenvalue weighted by Crippen LogP contribution is -1.99. The molecule has 6 nitrogen and oxygen atoms in total. The molecule has 0 spiro atoms. The van der Waals surface area contributed by atoms with Crippen LogP contribution in [0.4, 0.5) is 11.4 Å². The topological polar surface area (TPSA) is 74.0 Å². The van der Waals surface area contributed by atoms with Crippen LogP contribution < -0.4 is 4.74 Å². The lowest BCUT2D eigenvalue weighted by molar-refractivity contribution is -0.386. The van der Waals surface area contributed by atoms with Crippen molar-refractivity contribution < 1.29 is 14.4 Å². The van der Waals surface area contributed by atoms with Crippen molar-refractivity contribution in [2.75, 3.05) is 13.7 Å². The van der Waals surface area contributed by atoms with Crippen molar-refractivity contribution in [1.29, 1.82) is 0 Å². The Morgan fingerprint density at radius 2 is 2.17 bits per heavy atom. The minimum absolute atomic E-state index is 0.0545. The van der Waals surface area contributed by atoms with Crippen LogP contribution in [0.1, 0.15) is 18.1 Å². The second-order valence-corrected chi connectivity index (χ2v) is 3.67. The Bertz CT molecular complexity index is 483. The Labute approximate surface area is 105 Å². The van der Waals surface area contributed by atoms with E-state index in [1.165, 1.54) is 13.5 Å². The predicted octanol–water partition coefficient (Wildman–Crippen LogP) is 2.92. The largest absolute Gasteiger partial charge is 0.490 e. The third-order valence-corrected chi connectivity index (χ3v) is 2.49. The van der Waals surface area contributed by atoms with Gasteiger partial charge in [0, 0.05) is 5.56 Å². The molecule has 1 rings (SSSR count). The van der Waals surface area contributed by atoms with Crippen molar-refractivity contribution in [3.8, 4) is 5.75 Å². The highest BCUT2D eigenvalue weighted by Crippen LogP contribution is 2.39. The number of hydrogen-bond donors (Lipinski definition) is 0. The van der Waals surface area contributed by atoms with Crippen molar-refractivity contribution in [2.45, 2.75) is 20.8 Å². The van der Waals surface area contributed by atoms with E-state index in [0.29, 0.717) is 23.4 Å². The maximum absolute atomic E-state index is 11.1. The molecule has 98 valence electrons. The maximum atomic E-state index is 11.1. The second-order valence-electron chi connectivity index (χ2n) is 3.67. The van der Waals surface area contributed by atoms with Crippen molar-refractivity contribution in [2.24, 2.45) is 4.99 Å². The van der Waals surface area contributed by atoms with Crippen molar-refractivity contribution >= 4 is 17.8 Å². The molecule has 18 heavy (non-hydrogen) atoms. The summed E-state index contributed by atoms with van der Waals surface area (Å²) in [6.07, 6.45) is 1.29. The molecule has 0 unspecified atom stereocenters. The van der Waals surface area contributed by atoms with Gasteiger partial charge in [0.1, 0.15) is 0 Å². The van der Waals surface area contributed by atoms with Crippen LogP contribution in [0.3, 0.4) is 0 Å². The lowest BCUT2D eigenvalue weighted by atomic mass is 10.1. The highest BCUT2D eigenvalue weighted by atomic mass is 16.6. The average molecular weight is 252 g/mol. The summed E-state index contributed by atoms with van der Waals surface area (Å²) in [6.45, 7) is 5.71. The number of rotatable bonds is 5. The van der Waals surface area contributed by atoms with E-state index in [-0.39, 0.29) is 11.4 Å². The molecule has 0 saturated carbocycles. The number of methoxy groups -OCH3 is 1. The molecule has 0 radical (unpaired) electrons. The zero-order chi connectivity index (χ0) is 13.7. The Morgan fingerprint density at radius 3 is 2.67 bits per heavy atom. The van der Waals surface area contributed by atoms with E-state index < -0.39 is 4.92 Å². The van der Waals surface area contributed by atoms with E-state index in [2.05, 4.69) is 4.99 Å². The molecule has 0 amide bonds.